The van der Waals surface area contributed by atoms with E-state index in [4.69, 9.17) is 25.5 Å². The first-order valence-electron chi connectivity index (χ1n) is 7.38. The third kappa shape index (κ3) is 2.74. The standard InChI is InChI=1S/C18H12ClNO4/c19-13(9-11-5-6-15-16(10-11)23-8-7-22-15)17-20-14-4-2-1-3-12(14)18(21)24-17/h1-6,9-10H,7-8H2/b13-9-. The van der Waals surface area contributed by atoms with Crippen molar-refractivity contribution in [3.8, 4) is 11.5 Å². The van der Waals surface area contributed by atoms with Crippen LogP contribution in [0.2, 0.25) is 0 Å². The Morgan fingerprint density at radius 1 is 1.08 bits per heavy atom. The Balaban J connectivity index is 1.74. The van der Waals surface area contributed by atoms with Crippen molar-refractivity contribution in [3.05, 3.63) is 64.3 Å². The minimum atomic E-state index is -0.468. The Labute approximate surface area is 142 Å². The molecule has 0 bridgehead atoms. The number of hydrogen-bond donors (Lipinski definition) is 0. The summed E-state index contributed by atoms with van der Waals surface area (Å²) in [6.07, 6.45) is 1.67. The van der Waals surface area contributed by atoms with Crippen LogP contribution in [0.25, 0.3) is 22.0 Å². The molecule has 24 heavy (non-hydrogen) atoms. The second-order valence-electron chi connectivity index (χ2n) is 5.22. The summed E-state index contributed by atoms with van der Waals surface area (Å²) in [6, 6.07) is 12.4. The molecule has 6 heteroatoms. The molecule has 0 radical (unpaired) electrons. The number of rotatable bonds is 2. The van der Waals surface area contributed by atoms with E-state index < -0.39 is 5.63 Å². The molecule has 0 spiro atoms. The normalized spacial score (nSPS) is 14.0. The number of halogens is 1. The maximum Gasteiger partial charge on any atom is 0.347 e. The molecular formula is C18H12ClNO4. The zero-order valence-electron chi connectivity index (χ0n) is 12.5. The predicted octanol–water partition coefficient (Wildman–Crippen LogP) is 3.70. The van der Waals surface area contributed by atoms with Gasteiger partial charge in [0.25, 0.3) is 0 Å². The van der Waals surface area contributed by atoms with Crippen LogP contribution in [0.3, 0.4) is 0 Å². The Morgan fingerprint density at radius 2 is 1.88 bits per heavy atom. The van der Waals surface area contributed by atoms with Gasteiger partial charge < -0.3 is 13.9 Å². The Morgan fingerprint density at radius 3 is 2.75 bits per heavy atom. The Hall–Kier alpha value is -2.79. The third-order valence-electron chi connectivity index (χ3n) is 3.60. The van der Waals surface area contributed by atoms with Gasteiger partial charge in [-0.25, -0.2) is 9.78 Å². The maximum absolute atomic E-state index is 12.0. The molecule has 0 fully saturated rings. The van der Waals surface area contributed by atoms with Gasteiger partial charge in [-0.3, -0.25) is 0 Å². The van der Waals surface area contributed by atoms with Gasteiger partial charge in [0, 0.05) is 0 Å². The zero-order valence-corrected chi connectivity index (χ0v) is 13.2. The summed E-state index contributed by atoms with van der Waals surface area (Å²) in [5.41, 5.74) is 0.864. The molecule has 120 valence electrons. The van der Waals surface area contributed by atoms with Crippen molar-refractivity contribution in [1.82, 2.24) is 4.98 Å². The molecule has 0 unspecified atom stereocenters. The zero-order chi connectivity index (χ0) is 16.5. The van der Waals surface area contributed by atoms with Crippen molar-refractivity contribution < 1.29 is 13.9 Å². The van der Waals surface area contributed by atoms with Gasteiger partial charge in [-0.2, -0.15) is 0 Å². The lowest BCUT2D eigenvalue weighted by molar-refractivity contribution is 0.171. The molecule has 0 aliphatic carbocycles. The predicted molar refractivity (Wildman–Crippen MR) is 91.4 cm³/mol. The molecule has 3 aromatic rings. The summed E-state index contributed by atoms with van der Waals surface area (Å²) in [5.74, 6) is 1.44. The number of para-hydroxylation sites is 1. The van der Waals surface area contributed by atoms with Crippen LogP contribution in [0, 0.1) is 0 Å². The van der Waals surface area contributed by atoms with Crippen LogP contribution >= 0.6 is 11.6 Å². The van der Waals surface area contributed by atoms with E-state index in [-0.39, 0.29) is 10.9 Å². The SMILES string of the molecule is O=c1oc(/C(Cl)=C/c2ccc3c(c2)OCCO3)nc2ccccc12. The number of aromatic nitrogens is 1. The smallest absolute Gasteiger partial charge is 0.347 e. The molecule has 1 aliphatic heterocycles. The van der Waals surface area contributed by atoms with E-state index in [9.17, 15) is 4.79 Å². The van der Waals surface area contributed by atoms with Crippen LogP contribution in [-0.4, -0.2) is 18.2 Å². The van der Waals surface area contributed by atoms with Crippen LogP contribution in [-0.2, 0) is 0 Å². The van der Waals surface area contributed by atoms with Gasteiger partial charge in [0.2, 0.25) is 5.89 Å². The fourth-order valence-electron chi connectivity index (χ4n) is 2.48. The van der Waals surface area contributed by atoms with Crippen LogP contribution in [0.5, 0.6) is 11.5 Å². The van der Waals surface area contributed by atoms with E-state index in [1.165, 1.54) is 0 Å². The topological polar surface area (TPSA) is 61.6 Å². The number of fused-ring (bicyclic) bond motifs is 2. The Kier molecular flexibility index (Phi) is 3.70. The number of ether oxygens (including phenoxy) is 2. The average Bonchev–Trinajstić information content (AvgIpc) is 2.61. The van der Waals surface area contributed by atoms with Crippen LogP contribution in [0.4, 0.5) is 0 Å². The first-order chi connectivity index (χ1) is 11.7. The van der Waals surface area contributed by atoms with Gasteiger partial charge in [-0.15, -0.1) is 0 Å². The van der Waals surface area contributed by atoms with E-state index in [0.29, 0.717) is 35.6 Å². The van der Waals surface area contributed by atoms with Crippen molar-refractivity contribution in [3.63, 3.8) is 0 Å². The summed E-state index contributed by atoms with van der Waals surface area (Å²) in [6.45, 7) is 1.05. The fraction of sp³-hybridized carbons (Fsp3) is 0.111. The first kappa shape index (κ1) is 14.8. The van der Waals surface area contributed by atoms with Crippen LogP contribution < -0.4 is 15.1 Å². The van der Waals surface area contributed by atoms with Crippen LogP contribution in [0.15, 0.2) is 51.7 Å². The van der Waals surface area contributed by atoms with Gasteiger partial charge in [-0.05, 0) is 35.9 Å². The van der Waals surface area contributed by atoms with E-state index in [1.54, 1.807) is 30.3 Å². The molecule has 0 saturated carbocycles. The minimum absolute atomic E-state index is 0.0789. The third-order valence-corrected chi connectivity index (χ3v) is 3.87. The number of nitrogens with zero attached hydrogens (tertiary/aromatic N) is 1. The summed E-state index contributed by atoms with van der Waals surface area (Å²) in [7, 11) is 0. The summed E-state index contributed by atoms with van der Waals surface area (Å²) in [4.78, 5) is 16.3. The highest BCUT2D eigenvalue weighted by Crippen LogP contribution is 2.32. The molecule has 2 aromatic carbocycles. The fourth-order valence-corrected chi connectivity index (χ4v) is 2.69. The van der Waals surface area contributed by atoms with E-state index >= 15 is 0 Å². The lowest BCUT2D eigenvalue weighted by atomic mass is 10.2. The molecule has 1 aliphatic rings. The second-order valence-corrected chi connectivity index (χ2v) is 5.63. The lowest BCUT2D eigenvalue weighted by Gasteiger charge is -2.18. The van der Waals surface area contributed by atoms with Gasteiger partial charge in [0.1, 0.15) is 18.2 Å². The highest BCUT2D eigenvalue weighted by Gasteiger charge is 2.13. The van der Waals surface area contributed by atoms with Crippen LogP contribution in [0.1, 0.15) is 11.5 Å². The first-order valence-corrected chi connectivity index (χ1v) is 7.75. The number of hydrogen-bond acceptors (Lipinski definition) is 5. The molecule has 0 N–H and O–H groups in total. The van der Waals surface area contributed by atoms with Gasteiger partial charge >= 0.3 is 5.63 Å². The van der Waals surface area contributed by atoms with Crippen molar-refractivity contribution >= 4 is 33.6 Å². The van der Waals surface area contributed by atoms with E-state index in [0.717, 1.165) is 5.56 Å². The molecule has 0 saturated heterocycles. The van der Waals surface area contributed by atoms with Gasteiger partial charge in [-0.1, -0.05) is 29.8 Å². The highest BCUT2D eigenvalue weighted by atomic mass is 35.5. The van der Waals surface area contributed by atoms with Crippen molar-refractivity contribution in [1.29, 1.82) is 0 Å². The van der Waals surface area contributed by atoms with Crippen molar-refractivity contribution in [2.75, 3.05) is 13.2 Å². The lowest BCUT2D eigenvalue weighted by Crippen LogP contribution is -2.15. The molecule has 5 nitrogen and oxygen atoms in total. The minimum Gasteiger partial charge on any atom is -0.486 e. The highest BCUT2D eigenvalue weighted by molar-refractivity contribution is 6.50. The van der Waals surface area contributed by atoms with Crippen molar-refractivity contribution in [2.24, 2.45) is 0 Å². The number of benzene rings is 2. The monoisotopic (exact) mass is 341 g/mol. The summed E-state index contributed by atoms with van der Waals surface area (Å²) < 4.78 is 16.2. The summed E-state index contributed by atoms with van der Waals surface area (Å²) in [5, 5.41) is 0.652. The van der Waals surface area contributed by atoms with Gasteiger partial charge in [0.05, 0.1) is 10.9 Å². The van der Waals surface area contributed by atoms with Crippen molar-refractivity contribution in [2.45, 2.75) is 0 Å². The molecule has 0 atom stereocenters. The molecule has 2 heterocycles. The quantitative estimate of drug-likeness (QED) is 0.711. The average molecular weight is 342 g/mol. The molecule has 1 aromatic heterocycles. The molecular weight excluding hydrogens is 330 g/mol. The molecule has 4 rings (SSSR count). The maximum atomic E-state index is 12.0. The van der Waals surface area contributed by atoms with Gasteiger partial charge in [0.15, 0.2) is 11.5 Å². The summed E-state index contributed by atoms with van der Waals surface area (Å²) >= 11 is 6.29. The molecule has 0 amide bonds. The largest absolute Gasteiger partial charge is 0.486 e. The Bertz CT molecular complexity index is 1010. The van der Waals surface area contributed by atoms with E-state index in [2.05, 4.69) is 4.98 Å². The second kappa shape index (κ2) is 6.02. The van der Waals surface area contributed by atoms with E-state index in [1.807, 2.05) is 18.2 Å².